The lowest BCUT2D eigenvalue weighted by molar-refractivity contribution is -0.0971. The smallest absolute Gasteiger partial charge is 0.194 e. The Morgan fingerprint density at radius 3 is 2.60 bits per heavy atom. The zero-order chi connectivity index (χ0) is 14.9. The van der Waals surface area contributed by atoms with E-state index in [-0.39, 0.29) is 11.6 Å². The van der Waals surface area contributed by atoms with Gasteiger partial charge in [0, 0.05) is 24.7 Å². The number of rotatable bonds is 3. The van der Waals surface area contributed by atoms with E-state index in [1.165, 1.54) is 0 Å². The van der Waals surface area contributed by atoms with Crippen molar-refractivity contribution in [1.82, 2.24) is 4.90 Å². The van der Waals surface area contributed by atoms with E-state index < -0.39 is 29.7 Å². The Hall–Kier alpha value is -1.11. The first-order valence-corrected chi connectivity index (χ1v) is 6.59. The average molecular weight is 289 g/mol. The molecule has 0 aliphatic carbocycles. The first kappa shape index (κ1) is 15.3. The summed E-state index contributed by atoms with van der Waals surface area (Å²) in [5, 5.41) is 10.2. The Bertz CT molecular complexity index is 482. The number of nitrogens with zero attached hydrogens (tertiary/aromatic N) is 1. The van der Waals surface area contributed by atoms with Crippen LogP contribution in [0.4, 0.5) is 13.2 Å². The van der Waals surface area contributed by atoms with E-state index in [2.05, 4.69) is 4.90 Å². The number of benzene rings is 1. The summed E-state index contributed by atoms with van der Waals surface area (Å²) in [7, 11) is 0. The first-order chi connectivity index (χ1) is 9.41. The molecule has 0 radical (unpaired) electrons. The van der Waals surface area contributed by atoms with E-state index in [4.69, 9.17) is 4.74 Å². The maximum Gasteiger partial charge on any atom is 0.194 e. The van der Waals surface area contributed by atoms with Gasteiger partial charge in [-0.3, -0.25) is 4.90 Å². The third-order valence-electron chi connectivity index (χ3n) is 3.59. The minimum absolute atomic E-state index is 0.267. The van der Waals surface area contributed by atoms with Crippen molar-refractivity contribution < 1.29 is 23.0 Å². The summed E-state index contributed by atoms with van der Waals surface area (Å²) in [6.45, 7) is 5.56. The van der Waals surface area contributed by atoms with Gasteiger partial charge < -0.3 is 9.84 Å². The molecule has 1 aliphatic rings. The van der Waals surface area contributed by atoms with E-state index in [1.807, 2.05) is 13.8 Å². The largest absolute Gasteiger partial charge is 0.386 e. The summed E-state index contributed by atoms with van der Waals surface area (Å²) < 4.78 is 45.2. The van der Waals surface area contributed by atoms with Gasteiger partial charge in [-0.1, -0.05) is 6.07 Å². The molecule has 0 saturated carbocycles. The monoisotopic (exact) mass is 289 g/mol. The fraction of sp³-hybridized carbons (Fsp3) is 0.571. The SMILES string of the molecule is CC(C)N1CCOC(C(O)c2ccc(F)c(F)c2F)C1. The average Bonchev–Trinajstić information content (AvgIpc) is 2.44. The number of morpholine rings is 1. The van der Waals surface area contributed by atoms with E-state index >= 15 is 0 Å². The summed E-state index contributed by atoms with van der Waals surface area (Å²) in [6.07, 6.45) is -1.99. The third-order valence-corrected chi connectivity index (χ3v) is 3.59. The molecule has 1 fully saturated rings. The molecule has 0 aromatic heterocycles. The number of halogens is 3. The van der Waals surface area contributed by atoms with Crippen molar-refractivity contribution in [2.45, 2.75) is 32.1 Å². The van der Waals surface area contributed by atoms with Crippen LogP contribution in [0.2, 0.25) is 0 Å². The van der Waals surface area contributed by atoms with Gasteiger partial charge in [-0.05, 0) is 19.9 Å². The van der Waals surface area contributed by atoms with Gasteiger partial charge in [0.2, 0.25) is 0 Å². The van der Waals surface area contributed by atoms with Crippen LogP contribution in [0.25, 0.3) is 0 Å². The van der Waals surface area contributed by atoms with Gasteiger partial charge in [0.25, 0.3) is 0 Å². The lowest BCUT2D eigenvalue weighted by atomic mass is 10.0. The summed E-state index contributed by atoms with van der Waals surface area (Å²) in [4.78, 5) is 2.08. The fourth-order valence-corrected chi connectivity index (χ4v) is 2.33. The lowest BCUT2D eigenvalue weighted by Gasteiger charge is -2.37. The molecule has 6 heteroatoms. The number of hydrogen-bond acceptors (Lipinski definition) is 3. The summed E-state index contributed by atoms with van der Waals surface area (Å²) in [5.41, 5.74) is -0.278. The summed E-state index contributed by atoms with van der Waals surface area (Å²) >= 11 is 0. The molecule has 1 heterocycles. The zero-order valence-corrected chi connectivity index (χ0v) is 11.4. The minimum atomic E-state index is -1.57. The molecule has 2 unspecified atom stereocenters. The van der Waals surface area contributed by atoms with Crippen molar-refractivity contribution in [3.63, 3.8) is 0 Å². The Balaban J connectivity index is 2.19. The molecule has 1 aromatic carbocycles. The minimum Gasteiger partial charge on any atom is -0.386 e. The highest BCUT2D eigenvalue weighted by Crippen LogP contribution is 2.27. The van der Waals surface area contributed by atoms with Crippen LogP contribution >= 0.6 is 0 Å². The second-order valence-electron chi connectivity index (χ2n) is 5.21. The van der Waals surface area contributed by atoms with Crippen LogP contribution in [-0.4, -0.2) is 41.8 Å². The molecule has 1 aliphatic heterocycles. The van der Waals surface area contributed by atoms with Crippen molar-refractivity contribution in [2.75, 3.05) is 19.7 Å². The Morgan fingerprint density at radius 1 is 1.25 bits per heavy atom. The number of ether oxygens (including phenoxy) is 1. The molecule has 1 N–H and O–H groups in total. The van der Waals surface area contributed by atoms with E-state index in [9.17, 15) is 18.3 Å². The van der Waals surface area contributed by atoms with Crippen molar-refractivity contribution in [3.05, 3.63) is 35.1 Å². The first-order valence-electron chi connectivity index (χ1n) is 6.59. The highest BCUT2D eigenvalue weighted by atomic mass is 19.2. The van der Waals surface area contributed by atoms with Crippen LogP contribution in [0.3, 0.4) is 0 Å². The molecule has 0 amide bonds. The standard InChI is InChI=1S/C14H18F3NO2/c1-8(2)18-5-6-20-11(7-18)14(19)9-3-4-10(15)13(17)12(9)16/h3-4,8,11,14,19H,5-7H2,1-2H3. The van der Waals surface area contributed by atoms with Gasteiger partial charge in [0.05, 0.1) is 6.61 Å². The summed E-state index contributed by atoms with van der Waals surface area (Å²) in [5.74, 6) is -4.20. The van der Waals surface area contributed by atoms with Crippen LogP contribution in [0.15, 0.2) is 12.1 Å². The second kappa shape index (κ2) is 6.11. The van der Waals surface area contributed by atoms with Gasteiger partial charge >= 0.3 is 0 Å². The fourth-order valence-electron chi connectivity index (χ4n) is 2.33. The molecule has 2 atom stereocenters. The predicted octanol–water partition coefficient (Wildman–Crippen LogP) is 2.25. The van der Waals surface area contributed by atoms with Crippen LogP contribution in [0, 0.1) is 17.5 Å². The van der Waals surface area contributed by atoms with Crippen molar-refractivity contribution in [2.24, 2.45) is 0 Å². The van der Waals surface area contributed by atoms with Crippen LogP contribution in [0.5, 0.6) is 0 Å². The molecule has 20 heavy (non-hydrogen) atoms. The molecule has 2 rings (SSSR count). The molecular formula is C14H18F3NO2. The quantitative estimate of drug-likeness (QED) is 0.866. The van der Waals surface area contributed by atoms with Crippen molar-refractivity contribution in [3.8, 4) is 0 Å². The Kier molecular flexibility index (Phi) is 4.67. The maximum atomic E-state index is 13.7. The zero-order valence-electron chi connectivity index (χ0n) is 11.4. The normalized spacial score (nSPS) is 22.2. The van der Waals surface area contributed by atoms with Crippen molar-refractivity contribution >= 4 is 0 Å². The van der Waals surface area contributed by atoms with Gasteiger partial charge in [-0.15, -0.1) is 0 Å². The third kappa shape index (κ3) is 2.97. The topological polar surface area (TPSA) is 32.7 Å². The maximum absolute atomic E-state index is 13.7. The van der Waals surface area contributed by atoms with E-state index in [0.717, 1.165) is 18.7 Å². The van der Waals surface area contributed by atoms with Gasteiger partial charge in [-0.25, -0.2) is 13.2 Å². The lowest BCUT2D eigenvalue weighted by Crippen LogP contribution is -2.48. The number of hydrogen-bond donors (Lipinski definition) is 1. The molecule has 0 spiro atoms. The molecule has 3 nitrogen and oxygen atoms in total. The van der Waals surface area contributed by atoms with Gasteiger partial charge in [0.1, 0.15) is 12.2 Å². The number of aliphatic hydroxyl groups is 1. The van der Waals surface area contributed by atoms with Crippen LogP contribution in [0.1, 0.15) is 25.5 Å². The molecule has 0 bridgehead atoms. The van der Waals surface area contributed by atoms with Gasteiger partial charge in [0.15, 0.2) is 17.5 Å². The van der Waals surface area contributed by atoms with Gasteiger partial charge in [-0.2, -0.15) is 0 Å². The number of aliphatic hydroxyl groups excluding tert-OH is 1. The molecule has 1 aromatic rings. The summed E-state index contributed by atoms with van der Waals surface area (Å²) in [6, 6.07) is 2.12. The molecule has 112 valence electrons. The van der Waals surface area contributed by atoms with Crippen molar-refractivity contribution in [1.29, 1.82) is 0 Å². The highest BCUT2D eigenvalue weighted by molar-refractivity contribution is 5.23. The molecular weight excluding hydrogens is 271 g/mol. The highest BCUT2D eigenvalue weighted by Gasteiger charge is 2.31. The second-order valence-corrected chi connectivity index (χ2v) is 5.21. The van der Waals surface area contributed by atoms with Crippen LogP contribution in [-0.2, 0) is 4.74 Å². The van der Waals surface area contributed by atoms with Crippen LogP contribution < -0.4 is 0 Å². The predicted molar refractivity (Wildman–Crippen MR) is 67.7 cm³/mol. The molecule has 1 saturated heterocycles. The van der Waals surface area contributed by atoms with E-state index in [1.54, 1.807) is 0 Å². The Labute approximate surface area is 116 Å². The Morgan fingerprint density at radius 2 is 1.95 bits per heavy atom. The van der Waals surface area contributed by atoms with E-state index in [0.29, 0.717) is 13.2 Å².